The number of hydrogen-bond acceptors (Lipinski definition) is 6. The molecule has 8 nitrogen and oxygen atoms in total. The van der Waals surface area contributed by atoms with E-state index in [1.807, 2.05) is 30.3 Å². The van der Waals surface area contributed by atoms with Crippen LogP contribution in [0.5, 0.6) is 23.0 Å². The standard InChI is InChI=1S/C32H39N3O5/c1-32(2,3)23-13-15-24(16-14-23)40-18-10-9-17-35-26-12-8-7-11-25(26)34-29(35)21-33-31(36)22-19-27(37-4)30(39-6)28(20-22)38-5/h7-8,11-16,19-20H,9-10,17-18,21H2,1-6H3,(H,33,36). The van der Waals surface area contributed by atoms with E-state index in [0.717, 1.165) is 42.0 Å². The van der Waals surface area contributed by atoms with Crippen molar-refractivity contribution in [3.63, 3.8) is 0 Å². The molecule has 40 heavy (non-hydrogen) atoms. The van der Waals surface area contributed by atoms with E-state index in [2.05, 4.69) is 48.9 Å². The molecular formula is C32H39N3O5. The van der Waals surface area contributed by atoms with Gasteiger partial charge in [0.25, 0.3) is 5.91 Å². The zero-order chi connectivity index (χ0) is 28.7. The first-order valence-corrected chi connectivity index (χ1v) is 13.5. The summed E-state index contributed by atoms with van der Waals surface area (Å²) in [5.41, 5.74) is 3.76. The van der Waals surface area contributed by atoms with E-state index in [9.17, 15) is 4.79 Å². The summed E-state index contributed by atoms with van der Waals surface area (Å²) >= 11 is 0. The van der Waals surface area contributed by atoms with E-state index in [0.29, 0.717) is 29.4 Å². The maximum absolute atomic E-state index is 13.1. The second-order valence-corrected chi connectivity index (χ2v) is 10.6. The van der Waals surface area contributed by atoms with Gasteiger partial charge in [-0.2, -0.15) is 0 Å². The van der Waals surface area contributed by atoms with Gasteiger partial charge in [-0.15, -0.1) is 0 Å². The zero-order valence-corrected chi connectivity index (χ0v) is 24.2. The third kappa shape index (κ3) is 6.68. The van der Waals surface area contributed by atoms with Crippen molar-refractivity contribution in [2.75, 3.05) is 27.9 Å². The molecule has 0 unspecified atom stereocenters. The number of benzene rings is 3. The van der Waals surface area contributed by atoms with Gasteiger partial charge in [0.1, 0.15) is 11.6 Å². The van der Waals surface area contributed by atoms with Crippen LogP contribution in [0.2, 0.25) is 0 Å². The Balaban J connectivity index is 1.39. The molecule has 0 bridgehead atoms. The third-order valence-corrected chi connectivity index (χ3v) is 6.83. The number of methoxy groups -OCH3 is 3. The summed E-state index contributed by atoms with van der Waals surface area (Å²) in [4.78, 5) is 17.9. The molecule has 8 heteroatoms. The average molecular weight is 546 g/mol. The SMILES string of the molecule is COc1cc(C(=O)NCc2nc3ccccc3n2CCCCOc2ccc(C(C)(C)C)cc2)cc(OC)c1OC. The number of ether oxygens (including phenoxy) is 4. The van der Waals surface area contributed by atoms with Crippen molar-refractivity contribution in [2.24, 2.45) is 0 Å². The van der Waals surface area contributed by atoms with Crippen molar-refractivity contribution < 1.29 is 23.7 Å². The number of fused-ring (bicyclic) bond motifs is 1. The Kier molecular flexibility index (Phi) is 9.19. The molecule has 1 N–H and O–H groups in total. The summed E-state index contributed by atoms with van der Waals surface area (Å²) in [5.74, 6) is 2.70. The number of unbranched alkanes of at least 4 members (excludes halogenated alkanes) is 1. The third-order valence-electron chi connectivity index (χ3n) is 6.83. The second kappa shape index (κ2) is 12.8. The molecule has 0 aliphatic rings. The fraction of sp³-hybridized carbons (Fsp3) is 0.375. The Bertz CT molecular complexity index is 1410. The highest BCUT2D eigenvalue weighted by Gasteiger charge is 2.18. The number of carbonyl (C=O) groups excluding carboxylic acids is 1. The van der Waals surface area contributed by atoms with Gasteiger partial charge in [0, 0.05) is 12.1 Å². The number of nitrogens with one attached hydrogen (secondary N) is 1. The minimum atomic E-state index is -0.260. The maximum atomic E-state index is 13.1. The molecule has 0 spiro atoms. The largest absolute Gasteiger partial charge is 0.494 e. The van der Waals surface area contributed by atoms with Crippen molar-refractivity contribution in [3.8, 4) is 23.0 Å². The van der Waals surface area contributed by atoms with Crippen molar-refractivity contribution >= 4 is 16.9 Å². The average Bonchev–Trinajstić information content (AvgIpc) is 3.31. The molecule has 212 valence electrons. The van der Waals surface area contributed by atoms with E-state index in [1.54, 1.807) is 12.1 Å². The highest BCUT2D eigenvalue weighted by atomic mass is 16.5. The van der Waals surface area contributed by atoms with Gasteiger partial charge in [-0.1, -0.05) is 45.0 Å². The van der Waals surface area contributed by atoms with Gasteiger partial charge >= 0.3 is 0 Å². The number of para-hydroxylation sites is 2. The second-order valence-electron chi connectivity index (χ2n) is 10.6. The van der Waals surface area contributed by atoms with Gasteiger partial charge in [-0.3, -0.25) is 4.79 Å². The van der Waals surface area contributed by atoms with Gasteiger partial charge in [-0.25, -0.2) is 4.98 Å². The van der Waals surface area contributed by atoms with Crippen LogP contribution in [0.3, 0.4) is 0 Å². The van der Waals surface area contributed by atoms with Crippen LogP contribution in [0.1, 0.15) is 55.4 Å². The van der Waals surface area contributed by atoms with Crippen molar-refractivity contribution in [3.05, 3.63) is 77.6 Å². The lowest BCUT2D eigenvalue weighted by atomic mass is 9.87. The lowest BCUT2D eigenvalue weighted by Gasteiger charge is -2.19. The first kappa shape index (κ1) is 28.8. The normalized spacial score (nSPS) is 11.3. The van der Waals surface area contributed by atoms with Crippen LogP contribution in [0, 0.1) is 0 Å². The molecule has 0 atom stereocenters. The predicted molar refractivity (Wildman–Crippen MR) is 157 cm³/mol. The van der Waals surface area contributed by atoms with Crippen molar-refractivity contribution in [1.82, 2.24) is 14.9 Å². The smallest absolute Gasteiger partial charge is 0.251 e. The Morgan fingerprint density at radius 2 is 1.57 bits per heavy atom. The summed E-state index contributed by atoms with van der Waals surface area (Å²) in [6.07, 6.45) is 1.80. The number of aromatic nitrogens is 2. The molecule has 3 aromatic carbocycles. The molecular weight excluding hydrogens is 506 g/mol. The van der Waals surface area contributed by atoms with E-state index in [1.165, 1.54) is 26.9 Å². The molecule has 4 aromatic rings. The molecule has 1 aromatic heterocycles. The summed E-state index contributed by atoms with van der Waals surface area (Å²) in [6, 6.07) is 19.6. The van der Waals surface area contributed by atoms with Crippen LogP contribution in [0.25, 0.3) is 11.0 Å². The highest BCUT2D eigenvalue weighted by molar-refractivity contribution is 5.95. The summed E-state index contributed by atoms with van der Waals surface area (Å²) in [5, 5.41) is 3.00. The molecule has 0 aliphatic heterocycles. The van der Waals surface area contributed by atoms with Crippen molar-refractivity contribution in [2.45, 2.75) is 52.1 Å². The summed E-state index contributed by atoms with van der Waals surface area (Å²) < 4.78 is 24.3. The Morgan fingerprint density at radius 1 is 0.900 bits per heavy atom. The first-order valence-electron chi connectivity index (χ1n) is 13.5. The maximum Gasteiger partial charge on any atom is 0.251 e. The molecule has 1 heterocycles. The highest BCUT2D eigenvalue weighted by Crippen LogP contribution is 2.38. The van der Waals surface area contributed by atoms with Crippen molar-refractivity contribution in [1.29, 1.82) is 0 Å². The minimum Gasteiger partial charge on any atom is -0.494 e. The van der Waals surface area contributed by atoms with Crippen LogP contribution in [-0.2, 0) is 18.5 Å². The van der Waals surface area contributed by atoms with Crippen LogP contribution in [0.15, 0.2) is 60.7 Å². The van der Waals surface area contributed by atoms with Gasteiger partial charge in [0.15, 0.2) is 11.5 Å². The van der Waals surface area contributed by atoms with Crippen LogP contribution < -0.4 is 24.3 Å². The van der Waals surface area contributed by atoms with E-state index < -0.39 is 0 Å². The Morgan fingerprint density at radius 3 is 2.20 bits per heavy atom. The number of rotatable bonds is 12. The molecule has 0 saturated heterocycles. The minimum absolute atomic E-state index is 0.123. The predicted octanol–water partition coefficient (Wildman–Crippen LogP) is 6.15. The first-order chi connectivity index (χ1) is 19.2. The number of imidazole rings is 1. The lowest BCUT2D eigenvalue weighted by molar-refractivity contribution is 0.0948. The molecule has 1 amide bonds. The van der Waals surface area contributed by atoms with E-state index in [-0.39, 0.29) is 17.9 Å². The number of amides is 1. The van der Waals surface area contributed by atoms with Gasteiger partial charge < -0.3 is 28.8 Å². The van der Waals surface area contributed by atoms with Crippen LogP contribution in [-0.4, -0.2) is 43.4 Å². The monoisotopic (exact) mass is 545 g/mol. The molecule has 0 aliphatic carbocycles. The van der Waals surface area contributed by atoms with E-state index in [4.69, 9.17) is 23.9 Å². The molecule has 0 radical (unpaired) electrons. The van der Waals surface area contributed by atoms with Gasteiger partial charge in [-0.05, 0) is 60.2 Å². The molecule has 4 rings (SSSR count). The Labute approximate surface area is 236 Å². The van der Waals surface area contributed by atoms with E-state index >= 15 is 0 Å². The number of aryl methyl sites for hydroxylation is 1. The lowest BCUT2D eigenvalue weighted by Crippen LogP contribution is -2.25. The zero-order valence-electron chi connectivity index (χ0n) is 24.2. The summed E-state index contributed by atoms with van der Waals surface area (Å²) in [6.45, 7) is 8.29. The molecule has 0 fully saturated rings. The fourth-order valence-electron chi connectivity index (χ4n) is 4.60. The summed E-state index contributed by atoms with van der Waals surface area (Å²) in [7, 11) is 4.57. The quantitative estimate of drug-likeness (QED) is 0.215. The number of hydrogen-bond donors (Lipinski definition) is 1. The number of carbonyl (C=O) groups is 1. The molecule has 0 saturated carbocycles. The number of nitrogens with zero attached hydrogens (tertiary/aromatic N) is 2. The topological polar surface area (TPSA) is 83.8 Å². The fourth-order valence-corrected chi connectivity index (χ4v) is 4.60. The Hall–Kier alpha value is -4.20. The van der Waals surface area contributed by atoms with Gasteiger partial charge in [0.2, 0.25) is 5.75 Å². The van der Waals surface area contributed by atoms with Crippen LogP contribution >= 0.6 is 0 Å². The van der Waals surface area contributed by atoms with Gasteiger partial charge in [0.05, 0.1) is 45.5 Å². The van der Waals surface area contributed by atoms with Crippen LogP contribution in [0.4, 0.5) is 0 Å².